The molecule has 1 atom stereocenters. The van der Waals surface area contributed by atoms with Gasteiger partial charge in [-0.15, -0.1) is 0 Å². The predicted molar refractivity (Wildman–Crippen MR) is 63.7 cm³/mol. The van der Waals surface area contributed by atoms with E-state index in [1.807, 2.05) is 0 Å². The Kier molecular flexibility index (Phi) is 4.94. The molecule has 1 aromatic heterocycles. The monoisotopic (exact) mass is 239 g/mol. The molecule has 2 rings (SSSR count). The van der Waals surface area contributed by atoms with E-state index in [2.05, 4.69) is 15.5 Å². The van der Waals surface area contributed by atoms with Gasteiger partial charge in [-0.3, -0.25) is 0 Å². The van der Waals surface area contributed by atoms with Gasteiger partial charge in [0.2, 0.25) is 5.89 Å². The third kappa shape index (κ3) is 3.78. The molecule has 1 unspecified atom stereocenters. The Balaban J connectivity index is 1.87. The molecule has 0 aliphatic carbocycles. The minimum absolute atomic E-state index is 0.275. The normalized spacial score (nSPS) is 21.4. The summed E-state index contributed by atoms with van der Waals surface area (Å²) in [5.74, 6) is 1.54. The molecule has 0 bridgehead atoms. The van der Waals surface area contributed by atoms with Crippen LogP contribution < -0.4 is 5.32 Å². The highest BCUT2D eigenvalue weighted by Crippen LogP contribution is 2.20. The summed E-state index contributed by atoms with van der Waals surface area (Å²) < 4.78 is 10.2. The fourth-order valence-corrected chi connectivity index (χ4v) is 2.13. The summed E-state index contributed by atoms with van der Waals surface area (Å²) in [6, 6.07) is 0.275. The van der Waals surface area contributed by atoms with E-state index in [0.717, 1.165) is 44.1 Å². The Hall–Kier alpha value is -0.940. The van der Waals surface area contributed by atoms with Crippen LogP contribution in [0.1, 0.15) is 49.9 Å². The van der Waals surface area contributed by atoms with Crippen molar-refractivity contribution in [1.82, 2.24) is 15.5 Å². The maximum absolute atomic E-state index is 5.25. The molecule has 0 spiro atoms. The lowest BCUT2D eigenvalue weighted by molar-refractivity contribution is 0.192. The molecule has 1 N–H and O–H groups in total. The lowest BCUT2D eigenvalue weighted by Gasteiger charge is -2.09. The van der Waals surface area contributed by atoms with E-state index < -0.39 is 0 Å². The van der Waals surface area contributed by atoms with Crippen molar-refractivity contribution in [3.8, 4) is 0 Å². The fraction of sp³-hybridized carbons (Fsp3) is 0.833. The van der Waals surface area contributed by atoms with E-state index in [1.54, 1.807) is 7.11 Å². The van der Waals surface area contributed by atoms with E-state index in [-0.39, 0.29) is 6.04 Å². The number of nitrogens with one attached hydrogen (secondary N) is 1. The summed E-state index contributed by atoms with van der Waals surface area (Å²) in [7, 11) is 1.70. The van der Waals surface area contributed by atoms with Crippen molar-refractivity contribution in [2.45, 2.75) is 44.6 Å². The topological polar surface area (TPSA) is 60.2 Å². The molecule has 5 heteroatoms. The van der Waals surface area contributed by atoms with E-state index in [4.69, 9.17) is 9.26 Å². The molecule has 17 heavy (non-hydrogen) atoms. The van der Waals surface area contributed by atoms with Crippen molar-refractivity contribution in [3.63, 3.8) is 0 Å². The van der Waals surface area contributed by atoms with Gasteiger partial charge in [-0.1, -0.05) is 18.0 Å². The van der Waals surface area contributed by atoms with Crippen molar-refractivity contribution >= 4 is 0 Å². The molecule has 0 amide bonds. The first-order valence-electron chi connectivity index (χ1n) is 6.45. The van der Waals surface area contributed by atoms with Crippen LogP contribution in [0.2, 0.25) is 0 Å². The van der Waals surface area contributed by atoms with Gasteiger partial charge in [-0.25, -0.2) is 0 Å². The van der Waals surface area contributed by atoms with Crippen LogP contribution in [-0.2, 0) is 11.2 Å². The molecule has 96 valence electrons. The van der Waals surface area contributed by atoms with E-state index in [9.17, 15) is 0 Å². The van der Waals surface area contributed by atoms with Crippen LogP contribution >= 0.6 is 0 Å². The standard InChI is InChI=1S/C12H21N3O2/c1-16-9-5-7-11-14-12(15-17-11)10-6-3-2-4-8-13-10/h10,13H,2-9H2,1H3. The summed E-state index contributed by atoms with van der Waals surface area (Å²) in [5.41, 5.74) is 0. The third-order valence-corrected chi connectivity index (χ3v) is 3.09. The SMILES string of the molecule is COCCCc1nc(C2CCCCCN2)no1. The molecular formula is C12H21N3O2. The van der Waals surface area contributed by atoms with Crippen LogP contribution in [0.15, 0.2) is 4.52 Å². The van der Waals surface area contributed by atoms with Gasteiger partial charge in [0, 0.05) is 20.1 Å². The number of nitrogens with zero attached hydrogens (tertiary/aromatic N) is 2. The first-order valence-corrected chi connectivity index (χ1v) is 6.45. The molecule has 0 saturated carbocycles. The van der Waals surface area contributed by atoms with Crippen LogP contribution in [0.4, 0.5) is 0 Å². The maximum atomic E-state index is 5.25. The Bertz CT molecular complexity index is 319. The molecule has 2 heterocycles. The van der Waals surface area contributed by atoms with Gasteiger partial charge in [-0.05, 0) is 25.8 Å². The minimum atomic E-state index is 0.275. The van der Waals surface area contributed by atoms with Crippen LogP contribution in [0.5, 0.6) is 0 Å². The van der Waals surface area contributed by atoms with Crippen LogP contribution in [0.3, 0.4) is 0 Å². The van der Waals surface area contributed by atoms with E-state index >= 15 is 0 Å². The average Bonchev–Trinajstić information content (AvgIpc) is 2.64. The van der Waals surface area contributed by atoms with Gasteiger partial charge >= 0.3 is 0 Å². The van der Waals surface area contributed by atoms with Crippen molar-refractivity contribution < 1.29 is 9.26 Å². The van der Waals surface area contributed by atoms with E-state index in [1.165, 1.54) is 19.3 Å². The summed E-state index contributed by atoms with van der Waals surface area (Å²) in [5, 5.41) is 7.54. The number of aromatic nitrogens is 2. The molecule has 1 aliphatic heterocycles. The van der Waals surface area contributed by atoms with Gasteiger partial charge in [0.15, 0.2) is 5.82 Å². The second-order valence-corrected chi connectivity index (χ2v) is 4.50. The van der Waals surface area contributed by atoms with Crippen molar-refractivity contribution in [3.05, 3.63) is 11.7 Å². The van der Waals surface area contributed by atoms with Gasteiger partial charge in [0.25, 0.3) is 0 Å². The zero-order chi connectivity index (χ0) is 11.9. The summed E-state index contributed by atoms with van der Waals surface area (Å²) >= 11 is 0. The number of hydrogen-bond acceptors (Lipinski definition) is 5. The maximum Gasteiger partial charge on any atom is 0.226 e. The van der Waals surface area contributed by atoms with Crippen molar-refractivity contribution in [2.24, 2.45) is 0 Å². The Morgan fingerprint density at radius 3 is 3.24 bits per heavy atom. The quantitative estimate of drug-likeness (QED) is 0.795. The number of methoxy groups -OCH3 is 1. The fourth-order valence-electron chi connectivity index (χ4n) is 2.13. The van der Waals surface area contributed by atoms with Crippen LogP contribution in [0.25, 0.3) is 0 Å². The smallest absolute Gasteiger partial charge is 0.226 e. The highest BCUT2D eigenvalue weighted by atomic mass is 16.5. The zero-order valence-corrected chi connectivity index (χ0v) is 10.4. The van der Waals surface area contributed by atoms with Crippen molar-refractivity contribution in [1.29, 1.82) is 0 Å². The Morgan fingerprint density at radius 2 is 2.35 bits per heavy atom. The first-order chi connectivity index (χ1) is 8.40. The van der Waals surface area contributed by atoms with Gasteiger partial charge in [0.05, 0.1) is 6.04 Å². The number of ether oxygens (including phenoxy) is 1. The second-order valence-electron chi connectivity index (χ2n) is 4.50. The first kappa shape index (κ1) is 12.5. The summed E-state index contributed by atoms with van der Waals surface area (Å²) in [6.45, 7) is 1.79. The minimum Gasteiger partial charge on any atom is -0.385 e. The lowest BCUT2D eigenvalue weighted by atomic mass is 10.1. The van der Waals surface area contributed by atoms with Crippen molar-refractivity contribution in [2.75, 3.05) is 20.3 Å². The van der Waals surface area contributed by atoms with Gasteiger partial charge < -0.3 is 14.6 Å². The van der Waals surface area contributed by atoms with E-state index in [0.29, 0.717) is 0 Å². The van der Waals surface area contributed by atoms with Crippen LogP contribution in [-0.4, -0.2) is 30.4 Å². The molecular weight excluding hydrogens is 218 g/mol. The van der Waals surface area contributed by atoms with Gasteiger partial charge in [-0.2, -0.15) is 4.98 Å². The Morgan fingerprint density at radius 1 is 1.41 bits per heavy atom. The average molecular weight is 239 g/mol. The third-order valence-electron chi connectivity index (χ3n) is 3.09. The summed E-state index contributed by atoms with van der Waals surface area (Å²) in [6.07, 6.45) is 6.61. The van der Waals surface area contributed by atoms with Crippen LogP contribution in [0, 0.1) is 0 Å². The molecule has 1 aliphatic rings. The highest BCUT2D eigenvalue weighted by molar-refractivity contribution is 4.95. The molecule has 1 aromatic rings. The molecule has 1 saturated heterocycles. The predicted octanol–water partition coefficient (Wildman–Crippen LogP) is 1.85. The summed E-state index contributed by atoms with van der Waals surface area (Å²) in [4.78, 5) is 4.45. The van der Waals surface area contributed by atoms with Gasteiger partial charge in [0.1, 0.15) is 0 Å². The number of rotatable bonds is 5. The second kappa shape index (κ2) is 6.71. The lowest BCUT2D eigenvalue weighted by Crippen LogP contribution is -2.21. The largest absolute Gasteiger partial charge is 0.385 e. The number of hydrogen-bond donors (Lipinski definition) is 1. The number of aryl methyl sites for hydroxylation is 1. The molecule has 1 fully saturated rings. The molecule has 5 nitrogen and oxygen atoms in total. The Labute approximate surface area is 102 Å². The zero-order valence-electron chi connectivity index (χ0n) is 10.4. The highest BCUT2D eigenvalue weighted by Gasteiger charge is 2.19. The molecule has 0 aromatic carbocycles. The molecule has 0 radical (unpaired) electrons.